The Morgan fingerprint density at radius 1 is 1.30 bits per heavy atom. The zero-order valence-corrected chi connectivity index (χ0v) is 13.0. The van der Waals surface area contributed by atoms with Crippen LogP contribution in [0.25, 0.3) is 0 Å². The van der Waals surface area contributed by atoms with E-state index in [1.54, 1.807) is 0 Å². The maximum Gasteiger partial charge on any atom is 0.321 e. The normalized spacial score (nSPS) is 17.9. The summed E-state index contributed by atoms with van der Waals surface area (Å²) < 4.78 is 0. The molecule has 0 heterocycles. The van der Waals surface area contributed by atoms with E-state index in [0.717, 1.165) is 10.6 Å². The van der Waals surface area contributed by atoms with Crippen molar-refractivity contribution >= 4 is 29.2 Å². The molecule has 1 aromatic rings. The first kappa shape index (κ1) is 15.7. The Labute approximate surface area is 130 Å². The minimum Gasteiger partial charge on any atom is -0.480 e. The summed E-state index contributed by atoms with van der Waals surface area (Å²) in [6, 6.07) is 6.13. The molecule has 1 atom stereocenters. The number of aliphatic carboxylic acids is 1. The van der Waals surface area contributed by atoms with Crippen molar-refractivity contribution in [1.29, 1.82) is 0 Å². The molecule has 1 unspecified atom stereocenters. The number of aryl methyl sites for hydroxylation is 1. The number of halogens is 2. The highest BCUT2D eigenvalue weighted by molar-refractivity contribution is 6.31. The fourth-order valence-corrected chi connectivity index (χ4v) is 3.35. The maximum absolute atomic E-state index is 10.7. The van der Waals surface area contributed by atoms with Crippen molar-refractivity contribution in [1.82, 2.24) is 0 Å². The van der Waals surface area contributed by atoms with E-state index in [4.69, 9.17) is 28.3 Å². The van der Waals surface area contributed by atoms with Gasteiger partial charge in [0.2, 0.25) is 0 Å². The molecule has 4 heteroatoms. The van der Waals surface area contributed by atoms with Gasteiger partial charge in [-0.2, -0.15) is 0 Å². The second-order valence-corrected chi connectivity index (χ2v) is 6.47. The maximum atomic E-state index is 10.7. The lowest BCUT2D eigenvalue weighted by atomic mass is 9.83. The van der Waals surface area contributed by atoms with Crippen molar-refractivity contribution in [3.63, 3.8) is 0 Å². The van der Waals surface area contributed by atoms with Crippen molar-refractivity contribution in [2.45, 2.75) is 56.2 Å². The zero-order valence-electron chi connectivity index (χ0n) is 11.4. The Balaban J connectivity index is 2.00. The van der Waals surface area contributed by atoms with Crippen LogP contribution in [0.4, 0.5) is 0 Å². The van der Waals surface area contributed by atoms with Crippen molar-refractivity contribution in [2.24, 2.45) is 0 Å². The van der Waals surface area contributed by atoms with Crippen LogP contribution in [0.15, 0.2) is 18.2 Å². The molecule has 1 aliphatic carbocycles. The van der Waals surface area contributed by atoms with Gasteiger partial charge in [-0.25, -0.2) is 0 Å². The van der Waals surface area contributed by atoms with Crippen LogP contribution in [0.3, 0.4) is 0 Å². The van der Waals surface area contributed by atoms with E-state index in [9.17, 15) is 4.79 Å². The third kappa shape index (κ3) is 4.13. The minimum atomic E-state index is -0.961. The van der Waals surface area contributed by atoms with Crippen molar-refractivity contribution < 1.29 is 9.90 Å². The van der Waals surface area contributed by atoms with Crippen LogP contribution in [0.2, 0.25) is 5.02 Å². The highest BCUT2D eigenvalue weighted by Gasteiger charge is 2.18. The number of carboxylic acid groups (broad SMARTS) is 1. The average Bonchev–Trinajstić information content (AvgIpc) is 2.45. The van der Waals surface area contributed by atoms with Crippen LogP contribution in [0.1, 0.15) is 55.6 Å². The quantitative estimate of drug-likeness (QED) is 0.775. The first-order valence-corrected chi connectivity index (χ1v) is 8.04. The van der Waals surface area contributed by atoms with E-state index < -0.39 is 11.3 Å². The molecular formula is C16H20Cl2O2. The van der Waals surface area contributed by atoms with E-state index >= 15 is 0 Å². The number of carbonyl (C=O) groups is 1. The molecule has 0 aliphatic heterocycles. The Bertz CT molecular complexity index is 468. The lowest BCUT2D eigenvalue weighted by molar-refractivity contribution is -0.136. The van der Waals surface area contributed by atoms with Gasteiger partial charge in [-0.05, 0) is 48.8 Å². The lowest BCUT2D eigenvalue weighted by Gasteiger charge is -2.23. The van der Waals surface area contributed by atoms with Crippen LogP contribution >= 0.6 is 23.2 Å². The second kappa shape index (κ2) is 7.33. The van der Waals surface area contributed by atoms with Gasteiger partial charge in [0.05, 0.1) is 0 Å². The van der Waals surface area contributed by atoms with Gasteiger partial charge >= 0.3 is 5.97 Å². The summed E-state index contributed by atoms with van der Waals surface area (Å²) in [7, 11) is 0. The predicted octanol–water partition coefficient (Wildman–Crippen LogP) is 5.01. The average molecular weight is 315 g/mol. The smallest absolute Gasteiger partial charge is 0.321 e. The molecule has 0 bridgehead atoms. The Hall–Kier alpha value is -0.730. The molecule has 0 radical (unpaired) electrons. The van der Waals surface area contributed by atoms with Gasteiger partial charge in [-0.3, -0.25) is 4.79 Å². The van der Waals surface area contributed by atoms with E-state index in [0.29, 0.717) is 18.8 Å². The summed E-state index contributed by atoms with van der Waals surface area (Å²) in [4.78, 5) is 10.7. The molecule has 110 valence electrons. The van der Waals surface area contributed by atoms with Gasteiger partial charge < -0.3 is 5.11 Å². The van der Waals surface area contributed by atoms with Gasteiger partial charge in [0.25, 0.3) is 0 Å². The van der Waals surface area contributed by atoms with Gasteiger partial charge in [-0.1, -0.05) is 43.0 Å². The topological polar surface area (TPSA) is 37.3 Å². The monoisotopic (exact) mass is 314 g/mol. The molecule has 2 nitrogen and oxygen atoms in total. The molecule has 1 saturated carbocycles. The molecule has 1 N–H and O–H groups in total. The van der Waals surface area contributed by atoms with E-state index in [-0.39, 0.29) is 0 Å². The lowest BCUT2D eigenvalue weighted by Crippen LogP contribution is -2.13. The third-order valence-corrected chi connectivity index (χ3v) is 4.80. The van der Waals surface area contributed by atoms with Crippen molar-refractivity contribution in [3.8, 4) is 0 Å². The third-order valence-electron chi connectivity index (χ3n) is 4.06. The van der Waals surface area contributed by atoms with Crippen molar-refractivity contribution in [3.05, 3.63) is 34.3 Å². The molecule has 1 fully saturated rings. The summed E-state index contributed by atoms with van der Waals surface area (Å²) in [5.74, 6) is -0.373. The molecule has 1 aliphatic rings. The Kier molecular flexibility index (Phi) is 5.74. The van der Waals surface area contributed by atoms with Gasteiger partial charge in [-0.15, -0.1) is 11.6 Å². The van der Waals surface area contributed by atoms with Crippen LogP contribution < -0.4 is 0 Å². The van der Waals surface area contributed by atoms with Crippen LogP contribution in [-0.2, 0) is 11.2 Å². The van der Waals surface area contributed by atoms with Crippen molar-refractivity contribution in [2.75, 3.05) is 0 Å². The summed E-state index contributed by atoms with van der Waals surface area (Å²) in [6.45, 7) is 0. The highest BCUT2D eigenvalue weighted by Crippen LogP contribution is 2.36. The molecule has 2 rings (SSSR count). The zero-order chi connectivity index (χ0) is 14.5. The van der Waals surface area contributed by atoms with Crippen LogP contribution in [0, 0.1) is 0 Å². The molecule has 0 spiro atoms. The number of alkyl halides is 1. The van der Waals surface area contributed by atoms with Crippen LogP contribution in [-0.4, -0.2) is 16.5 Å². The molecule has 1 aromatic carbocycles. The minimum absolute atomic E-state index is 0.427. The van der Waals surface area contributed by atoms with Crippen LogP contribution in [0.5, 0.6) is 0 Å². The number of hydrogen-bond acceptors (Lipinski definition) is 1. The fraction of sp³-hybridized carbons (Fsp3) is 0.562. The number of benzene rings is 1. The van der Waals surface area contributed by atoms with E-state index in [2.05, 4.69) is 12.1 Å². The van der Waals surface area contributed by atoms with Gasteiger partial charge in [0, 0.05) is 5.02 Å². The van der Waals surface area contributed by atoms with E-state index in [1.165, 1.54) is 37.7 Å². The summed E-state index contributed by atoms with van der Waals surface area (Å²) in [5, 5.41) is 8.76. The predicted molar refractivity (Wildman–Crippen MR) is 82.9 cm³/mol. The van der Waals surface area contributed by atoms with E-state index in [1.807, 2.05) is 6.07 Å². The fourth-order valence-electron chi connectivity index (χ4n) is 2.89. The summed E-state index contributed by atoms with van der Waals surface area (Å²) in [5.41, 5.74) is 2.30. The first-order chi connectivity index (χ1) is 9.58. The molecular weight excluding hydrogens is 295 g/mol. The summed E-state index contributed by atoms with van der Waals surface area (Å²) >= 11 is 12.1. The Morgan fingerprint density at radius 3 is 2.60 bits per heavy atom. The first-order valence-electron chi connectivity index (χ1n) is 7.23. The van der Waals surface area contributed by atoms with Gasteiger partial charge in [0.1, 0.15) is 5.38 Å². The van der Waals surface area contributed by atoms with Gasteiger partial charge in [0.15, 0.2) is 0 Å². The summed E-state index contributed by atoms with van der Waals surface area (Å²) in [6.07, 6.45) is 7.42. The molecule has 20 heavy (non-hydrogen) atoms. The highest BCUT2D eigenvalue weighted by atomic mass is 35.5. The number of rotatable bonds is 5. The standard InChI is InChI=1S/C16H20Cl2O2/c17-14(16(19)20)9-7-11-6-8-13(15(18)10-11)12-4-2-1-3-5-12/h6,8,10,12,14H,1-5,7,9H2,(H,19,20). The number of carboxylic acids is 1. The SMILES string of the molecule is O=C(O)C(Cl)CCc1ccc(C2CCCCC2)c(Cl)c1. The molecule has 0 aromatic heterocycles. The second-order valence-electron chi connectivity index (χ2n) is 5.54. The number of hydrogen-bond donors (Lipinski definition) is 1. The largest absolute Gasteiger partial charge is 0.480 e. The Morgan fingerprint density at radius 2 is 2.00 bits per heavy atom. The molecule has 0 saturated heterocycles. The molecule has 0 amide bonds.